The average molecular weight is 380 g/mol. The van der Waals surface area contributed by atoms with Crippen LogP contribution in [-0.4, -0.2) is 40.5 Å². The predicted octanol–water partition coefficient (Wildman–Crippen LogP) is 3.00. The smallest absolute Gasteiger partial charge is 0.243 e. The van der Waals surface area contributed by atoms with E-state index in [1.807, 2.05) is 42.5 Å². The van der Waals surface area contributed by atoms with Crippen LogP contribution in [0.25, 0.3) is 0 Å². The lowest BCUT2D eigenvalue weighted by molar-refractivity contribution is -0.137. The number of aliphatic hydroxyl groups excluding tert-OH is 1. The Bertz CT molecular complexity index is 818. The number of nitrogens with one attached hydrogen (secondary N) is 1. The lowest BCUT2D eigenvalue weighted by Crippen LogP contribution is -2.46. The largest absolute Gasteiger partial charge is 0.391 e. The van der Waals surface area contributed by atoms with Crippen LogP contribution in [0.3, 0.4) is 0 Å². The number of nitrogens with zero attached hydrogens (tertiary/aromatic N) is 1. The Morgan fingerprint density at radius 2 is 1.57 bits per heavy atom. The number of carbonyl (C=O) groups excluding carboxylic acids is 2. The zero-order valence-electron chi connectivity index (χ0n) is 16.6. The van der Waals surface area contributed by atoms with E-state index in [9.17, 15) is 14.7 Å². The first-order valence-corrected chi connectivity index (χ1v) is 9.77. The molecule has 148 valence electrons. The SMILES string of the molecule is CC(=O)N1C[C@H](O)C[C@H]1C(=O)N[C@@H](c1ccccc1)c1ccc(C(C)C)cc1. The minimum absolute atomic E-state index is 0.200. The van der Waals surface area contributed by atoms with E-state index < -0.39 is 12.1 Å². The zero-order valence-corrected chi connectivity index (χ0v) is 16.6. The standard InChI is InChI=1S/C23H28N2O3/c1-15(2)17-9-11-19(12-10-17)22(18-7-5-4-6-8-18)24-23(28)21-13-20(27)14-25(21)16(3)26/h4-12,15,20-22,27H,13-14H2,1-3H3,(H,24,28)/t20-,21+,22+/m1/s1. The summed E-state index contributed by atoms with van der Waals surface area (Å²) < 4.78 is 0. The molecule has 28 heavy (non-hydrogen) atoms. The Morgan fingerprint density at radius 3 is 2.14 bits per heavy atom. The fourth-order valence-electron chi connectivity index (χ4n) is 3.73. The van der Waals surface area contributed by atoms with Crippen molar-refractivity contribution in [1.29, 1.82) is 0 Å². The van der Waals surface area contributed by atoms with Gasteiger partial charge in [0, 0.05) is 19.9 Å². The Kier molecular flexibility index (Phi) is 6.15. The summed E-state index contributed by atoms with van der Waals surface area (Å²) in [5.41, 5.74) is 3.20. The fourth-order valence-corrected chi connectivity index (χ4v) is 3.73. The molecule has 1 saturated heterocycles. The molecule has 1 heterocycles. The highest BCUT2D eigenvalue weighted by atomic mass is 16.3. The van der Waals surface area contributed by atoms with Crippen LogP contribution in [-0.2, 0) is 9.59 Å². The van der Waals surface area contributed by atoms with Crippen LogP contribution in [0, 0.1) is 0 Å². The highest BCUT2D eigenvalue weighted by Gasteiger charge is 2.38. The summed E-state index contributed by atoms with van der Waals surface area (Å²) in [6, 6.07) is 17.1. The van der Waals surface area contributed by atoms with Crippen molar-refractivity contribution in [1.82, 2.24) is 10.2 Å². The Labute approximate surface area is 166 Å². The quantitative estimate of drug-likeness (QED) is 0.838. The molecule has 0 aliphatic carbocycles. The van der Waals surface area contributed by atoms with Crippen molar-refractivity contribution in [2.75, 3.05) is 6.54 Å². The van der Waals surface area contributed by atoms with Crippen LogP contribution < -0.4 is 5.32 Å². The van der Waals surface area contributed by atoms with Crippen molar-refractivity contribution < 1.29 is 14.7 Å². The fraction of sp³-hybridized carbons (Fsp3) is 0.391. The number of hydrogen-bond donors (Lipinski definition) is 2. The van der Waals surface area contributed by atoms with Gasteiger partial charge in [0.2, 0.25) is 11.8 Å². The van der Waals surface area contributed by atoms with Gasteiger partial charge in [0.25, 0.3) is 0 Å². The number of rotatable bonds is 5. The maximum absolute atomic E-state index is 13.0. The summed E-state index contributed by atoms with van der Waals surface area (Å²) >= 11 is 0. The van der Waals surface area contributed by atoms with E-state index in [1.54, 1.807) is 0 Å². The molecule has 2 aromatic carbocycles. The molecule has 2 N–H and O–H groups in total. The van der Waals surface area contributed by atoms with Gasteiger partial charge in [0.15, 0.2) is 0 Å². The van der Waals surface area contributed by atoms with Gasteiger partial charge in [-0.05, 0) is 22.6 Å². The first kappa shape index (κ1) is 20.1. The van der Waals surface area contributed by atoms with Crippen molar-refractivity contribution in [2.24, 2.45) is 0 Å². The van der Waals surface area contributed by atoms with Crippen molar-refractivity contribution >= 4 is 11.8 Å². The van der Waals surface area contributed by atoms with E-state index in [0.717, 1.165) is 11.1 Å². The van der Waals surface area contributed by atoms with E-state index in [2.05, 4.69) is 31.3 Å². The minimum Gasteiger partial charge on any atom is -0.391 e. The monoisotopic (exact) mass is 380 g/mol. The van der Waals surface area contributed by atoms with E-state index in [4.69, 9.17) is 0 Å². The van der Waals surface area contributed by atoms with Crippen LogP contribution in [0.5, 0.6) is 0 Å². The molecule has 5 nitrogen and oxygen atoms in total. The van der Waals surface area contributed by atoms with Gasteiger partial charge in [-0.1, -0.05) is 68.4 Å². The van der Waals surface area contributed by atoms with Crippen molar-refractivity contribution in [3.63, 3.8) is 0 Å². The second-order valence-corrected chi connectivity index (χ2v) is 7.75. The third kappa shape index (κ3) is 4.42. The summed E-state index contributed by atoms with van der Waals surface area (Å²) in [6.45, 7) is 5.92. The first-order valence-electron chi connectivity index (χ1n) is 9.77. The number of benzene rings is 2. The molecule has 0 aromatic heterocycles. The van der Waals surface area contributed by atoms with Gasteiger partial charge in [0.1, 0.15) is 6.04 Å². The van der Waals surface area contributed by atoms with Gasteiger partial charge in [-0.3, -0.25) is 9.59 Å². The zero-order chi connectivity index (χ0) is 20.3. The van der Waals surface area contributed by atoms with Gasteiger partial charge in [-0.15, -0.1) is 0 Å². The molecule has 0 saturated carbocycles. The topological polar surface area (TPSA) is 69.6 Å². The second kappa shape index (κ2) is 8.57. The Balaban J connectivity index is 1.87. The minimum atomic E-state index is -0.667. The third-order valence-electron chi connectivity index (χ3n) is 5.34. The van der Waals surface area contributed by atoms with Crippen LogP contribution in [0.2, 0.25) is 0 Å². The molecule has 3 rings (SSSR count). The molecule has 0 bridgehead atoms. The Hall–Kier alpha value is -2.66. The van der Waals surface area contributed by atoms with Gasteiger partial charge in [-0.25, -0.2) is 0 Å². The third-order valence-corrected chi connectivity index (χ3v) is 5.34. The summed E-state index contributed by atoms with van der Waals surface area (Å²) in [5, 5.41) is 13.0. The maximum Gasteiger partial charge on any atom is 0.243 e. The predicted molar refractivity (Wildman–Crippen MR) is 109 cm³/mol. The molecule has 2 amide bonds. The molecule has 0 spiro atoms. The number of hydrogen-bond acceptors (Lipinski definition) is 3. The maximum atomic E-state index is 13.0. The molecular formula is C23H28N2O3. The summed E-state index contributed by atoms with van der Waals surface area (Å²) in [6.07, 6.45) is -0.403. The molecule has 3 atom stereocenters. The number of amides is 2. The van der Waals surface area contributed by atoms with E-state index in [0.29, 0.717) is 5.92 Å². The molecular weight excluding hydrogens is 352 g/mol. The van der Waals surface area contributed by atoms with Crippen LogP contribution in [0.4, 0.5) is 0 Å². The van der Waals surface area contributed by atoms with Gasteiger partial charge >= 0.3 is 0 Å². The number of β-amino-alcohol motifs (C(OH)–C–C–N with tert-alkyl or cyclic N) is 1. The molecule has 1 fully saturated rings. The van der Waals surface area contributed by atoms with Crippen LogP contribution >= 0.6 is 0 Å². The van der Waals surface area contributed by atoms with Crippen LogP contribution in [0.15, 0.2) is 54.6 Å². The molecule has 1 aliphatic heterocycles. The number of aliphatic hydroxyl groups is 1. The summed E-state index contributed by atoms with van der Waals surface area (Å²) in [7, 11) is 0. The van der Waals surface area contributed by atoms with Gasteiger partial charge < -0.3 is 15.3 Å². The number of carbonyl (C=O) groups is 2. The van der Waals surface area contributed by atoms with E-state index in [1.165, 1.54) is 17.4 Å². The lowest BCUT2D eigenvalue weighted by atomic mass is 9.95. The molecule has 0 radical (unpaired) electrons. The van der Waals surface area contributed by atoms with Crippen LogP contribution in [0.1, 0.15) is 55.8 Å². The molecule has 2 aromatic rings. The summed E-state index contributed by atoms with van der Waals surface area (Å²) in [4.78, 5) is 26.3. The van der Waals surface area contributed by atoms with Gasteiger partial charge in [0.05, 0.1) is 12.1 Å². The number of likely N-dealkylation sites (tertiary alicyclic amines) is 1. The Morgan fingerprint density at radius 1 is 1.00 bits per heavy atom. The van der Waals surface area contributed by atoms with Crippen molar-refractivity contribution in [3.05, 3.63) is 71.3 Å². The average Bonchev–Trinajstić information content (AvgIpc) is 3.09. The highest BCUT2D eigenvalue weighted by Crippen LogP contribution is 2.26. The summed E-state index contributed by atoms with van der Waals surface area (Å²) in [5.74, 6) is -0.00861. The highest BCUT2D eigenvalue weighted by molar-refractivity contribution is 5.88. The molecule has 1 aliphatic rings. The van der Waals surface area contributed by atoms with Crippen molar-refractivity contribution in [2.45, 2.75) is 51.3 Å². The first-order chi connectivity index (χ1) is 13.4. The second-order valence-electron chi connectivity index (χ2n) is 7.75. The normalized spacial score (nSPS) is 20.2. The van der Waals surface area contributed by atoms with E-state index in [-0.39, 0.29) is 30.8 Å². The van der Waals surface area contributed by atoms with Gasteiger partial charge in [-0.2, -0.15) is 0 Å². The lowest BCUT2D eigenvalue weighted by Gasteiger charge is -2.26. The van der Waals surface area contributed by atoms with E-state index >= 15 is 0 Å². The van der Waals surface area contributed by atoms with Crippen molar-refractivity contribution in [3.8, 4) is 0 Å². The molecule has 0 unspecified atom stereocenters. The molecule has 5 heteroatoms.